The van der Waals surface area contributed by atoms with Gasteiger partial charge >= 0.3 is 0 Å². The van der Waals surface area contributed by atoms with E-state index in [2.05, 4.69) is 31.0 Å². The molecular formula is C10H11ClN6O. The van der Waals surface area contributed by atoms with Crippen LogP contribution in [0.2, 0.25) is 5.15 Å². The summed E-state index contributed by atoms with van der Waals surface area (Å²) in [5.74, 6) is 0.307. The second kappa shape index (κ2) is 5.46. The molecule has 2 aromatic rings. The number of pyridine rings is 1. The van der Waals surface area contributed by atoms with E-state index in [1.165, 1.54) is 0 Å². The lowest BCUT2D eigenvalue weighted by molar-refractivity contribution is 0.102. The Kier molecular flexibility index (Phi) is 3.73. The Labute approximate surface area is 108 Å². The van der Waals surface area contributed by atoms with Crippen LogP contribution in [0.5, 0.6) is 0 Å². The highest BCUT2D eigenvalue weighted by Crippen LogP contribution is 2.13. The molecule has 0 aliphatic heterocycles. The molecule has 3 N–H and O–H groups in total. The van der Waals surface area contributed by atoms with E-state index in [0.29, 0.717) is 5.69 Å². The highest BCUT2D eigenvalue weighted by atomic mass is 35.5. The summed E-state index contributed by atoms with van der Waals surface area (Å²) in [5, 5.41) is 15.2. The van der Waals surface area contributed by atoms with Crippen molar-refractivity contribution in [2.45, 2.75) is 6.92 Å². The van der Waals surface area contributed by atoms with Crippen molar-refractivity contribution in [1.82, 2.24) is 20.4 Å². The van der Waals surface area contributed by atoms with Crippen molar-refractivity contribution in [3.63, 3.8) is 0 Å². The topological polar surface area (TPSA) is 95.6 Å². The number of amides is 1. The third kappa shape index (κ3) is 2.75. The Bertz CT molecular complexity index is 538. The summed E-state index contributed by atoms with van der Waals surface area (Å²) in [7, 11) is 0. The second-order valence-corrected chi connectivity index (χ2v) is 3.74. The molecule has 0 atom stereocenters. The van der Waals surface area contributed by atoms with Crippen molar-refractivity contribution in [2.24, 2.45) is 0 Å². The lowest BCUT2D eigenvalue weighted by atomic mass is 10.3. The van der Waals surface area contributed by atoms with E-state index in [1.807, 2.05) is 6.92 Å². The zero-order valence-corrected chi connectivity index (χ0v) is 10.3. The van der Waals surface area contributed by atoms with E-state index in [4.69, 9.17) is 11.6 Å². The first-order valence-corrected chi connectivity index (χ1v) is 5.66. The summed E-state index contributed by atoms with van der Waals surface area (Å²) in [6.07, 6.45) is 1.55. The van der Waals surface area contributed by atoms with Gasteiger partial charge in [-0.1, -0.05) is 11.6 Å². The normalized spacial score (nSPS) is 10.1. The fraction of sp³-hybridized carbons (Fsp3) is 0.200. The number of hydrogen-bond donors (Lipinski definition) is 3. The fourth-order valence-electron chi connectivity index (χ4n) is 1.31. The van der Waals surface area contributed by atoms with Crippen molar-refractivity contribution < 1.29 is 4.79 Å². The van der Waals surface area contributed by atoms with Gasteiger partial charge in [-0.2, -0.15) is 5.21 Å². The van der Waals surface area contributed by atoms with Crippen LogP contribution in [0.15, 0.2) is 18.3 Å². The van der Waals surface area contributed by atoms with Crippen LogP contribution in [0, 0.1) is 0 Å². The Balaban J connectivity index is 2.05. The lowest BCUT2D eigenvalue weighted by Crippen LogP contribution is -2.13. The van der Waals surface area contributed by atoms with Crippen molar-refractivity contribution in [3.8, 4) is 0 Å². The van der Waals surface area contributed by atoms with Crippen molar-refractivity contribution in [3.05, 3.63) is 29.2 Å². The first kappa shape index (κ1) is 12.3. The van der Waals surface area contributed by atoms with Crippen LogP contribution in [0.1, 0.15) is 17.4 Å². The number of halogens is 1. The molecule has 0 unspecified atom stereocenters. The van der Waals surface area contributed by atoms with Crippen molar-refractivity contribution >= 4 is 29.0 Å². The number of nitrogens with one attached hydrogen (secondary N) is 3. The van der Waals surface area contributed by atoms with Crippen LogP contribution < -0.4 is 10.6 Å². The van der Waals surface area contributed by atoms with Gasteiger partial charge in [-0.25, -0.2) is 4.98 Å². The van der Waals surface area contributed by atoms with Crippen LogP contribution in [0.3, 0.4) is 0 Å². The summed E-state index contributed by atoms with van der Waals surface area (Å²) in [6.45, 7) is 2.76. The van der Waals surface area contributed by atoms with E-state index in [0.717, 1.165) is 12.4 Å². The Morgan fingerprint density at radius 2 is 2.28 bits per heavy atom. The van der Waals surface area contributed by atoms with Crippen LogP contribution in [-0.2, 0) is 0 Å². The average molecular weight is 267 g/mol. The SMILES string of the molecule is CCNc1ccc(NC(=O)c2n[nH]nc2Cl)cn1. The molecule has 2 heterocycles. The number of H-pyrrole nitrogens is 1. The van der Waals surface area contributed by atoms with Gasteiger partial charge in [-0.05, 0) is 19.1 Å². The minimum absolute atomic E-state index is 0.0322. The lowest BCUT2D eigenvalue weighted by Gasteiger charge is -2.05. The maximum Gasteiger partial charge on any atom is 0.279 e. The first-order chi connectivity index (χ1) is 8.70. The molecule has 1 amide bonds. The minimum Gasteiger partial charge on any atom is -0.370 e. The molecule has 7 nitrogen and oxygen atoms in total. The average Bonchev–Trinajstić information content (AvgIpc) is 2.78. The van der Waals surface area contributed by atoms with Gasteiger partial charge in [-0.3, -0.25) is 4.79 Å². The smallest absolute Gasteiger partial charge is 0.279 e. The molecule has 0 aromatic carbocycles. The zero-order valence-electron chi connectivity index (χ0n) is 9.57. The molecular weight excluding hydrogens is 256 g/mol. The number of nitrogens with zero attached hydrogens (tertiary/aromatic N) is 3. The standard InChI is InChI=1S/C10H11ClN6O/c1-2-12-7-4-3-6(5-13-7)14-10(18)8-9(11)16-17-15-8/h3-5H,2H2,1H3,(H,12,13)(H,14,18)(H,15,16,17). The maximum atomic E-state index is 11.7. The first-order valence-electron chi connectivity index (χ1n) is 5.28. The maximum absolute atomic E-state index is 11.7. The van der Waals surface area contributed by atoms with E-state index in [9.17, 15) is 4.79 Å². The number of carbonyl (C=O) groups excluding carboxylic acids is 1. The van der Waals surface area contributed by atoms with Gasteiger partial charge in [0.1, 0.15) is 5.82 Å². The molecule has 0 saturated heterocycles. The molecule has 0 bridgehead atoms. The highest BCUT2D eigenvalue weighted by molar-refractivity contribution is 6.32. The number of hydrogen-bond acceptors (Lipinski definition) is 5. The number of carbonyl (C=O) groups is 1. The fourth-order valence-corrected chi connectivity index (χ4v) is 1.47. The van der Waals surface area contributed by atoms with E-state index in [1.54, 1.807) is 18.3 Å². The predicted molar refractivity (Wildman–Crippen MR) is 67.7 cm³/mol. The molecule has 0 aliphatic rings. The molecule has 2 aromatic heterocycles. The molecule has 18 heavy (non-hydrogen) atoms. The van der Waals surface area contributed by atoms with Crippen LogP contribution in [0.25, 0.3) is 0 Å². The molecule has 2 rings (SSSR count). The van der Waals surface area contributed by atoms with Gasteiger partial charge in [0.15, 0.2) is 10.8 Å². The van der Waals surface area contributed by atoms with Gasteiger partial charge in [0, 0.05) is 6.54 Å². The van der Waals surface area contributed by atoms with Gasteiger partial charge in [0.2, 0.25) is 0 Å². The summed E-state index contributed by atoms with van der Waals surface area (Å²) in [4.78, 5) is 15.9. The van der Waals surface area contributed by atoms with Crippen LogP contribution >= 0.6 is 11.6 Å². The molecule has 0 saturated carbocycles. The van der Waals surface area contributed by atoms with Gasteiger partial charge < -0.3 is 10.6 Å². The number of anilines is 2. The molecule has 0 aliphatic carbocycles. The number of rotatable bonds is 4. The largest absolute Gasteiger partial charge is 0.370 e. The van der Waals surface area contributed by atoms with Crippen molar-refractivity contribution in [2.75, 3.05) is 17.2 Å². The molecule has 94 valence electrons. The Morgan fingerprint density at radius 1 is 1.44 bits per heavy atom. The Morgan fingerprint density at radius 3 is 2.83 bits per heavy atom. The molecule has 0 fully saturated rings. The molecule has 0 spiro atoms. The summed E-state index contributed by atoms with van der Waals surface area (Å²) in [5.41, 5.74) is 0.605. The van der Waals surface area contributed by atoms with Crippen molar-refractivity contribution in [1.29, 1.82) is 0 Å². The Hall–Kier alpha value is -2.15. The minimum atomic E-state index is -0.438. The van der Waals surface area contributed by atoms with Crippen LogP contribution in [-0.4, -0.2) is 32.8 Å². The van der Waals surface area contributed by atoms with Gasteiger partial charge in [0.05, 0.1) is 11.9 Å². The molecule has 8 heteroatoms. The highest BCUT2D eigenvalue weighted by Gasteiger charge is 2.14. The third-order valence-electron chi connectivity index (χ3n) is 2.10. The van der Waals surface area contributed by atoms with Gasteiger partial charge in [-0.15, -0.1) is 10.2 Å². The number of aromatic nitrogens is 4. The van der Waals surface area contributed by atoms with E-state index < -0.39 is 5.91 Å². The quantitative estimate of drug-likeness (QED) is 0.780. The number of aromatic amines is 1. The van der Waals surface area contributed by atoms with E-state index >= 15 is 0 Å². The summed E-state index contributed by atoms with van der Waals surface area (Å²) in [6, 6.07) is 3.50. The molecule has 0 radical (unpaired) electrons. The third-order valence-corrected chi connectivity index (χ3v) is 2.36. The predicted octanol–water partition coefficient (Wildman–Crippen LogP) is 1.54. The monoisotopic (exact) mass is 266 g/mol. The summed E-state index contributed by atoms with van der Waals surface area (Å²) >= 11 is 5.68. The van der Waals surface area contributed by atoms with Crippen LogP contribution in [0.4, 0.5) is 11.5 Å². The second-order valence-electron chi connectivity index (χ2n) is 3.38. The van der Waals surface area contributed by atoms with E-state index in [-0.39, 0.29) is 10.8 Å². The summed E-state index contributed by atoms with van der Waals surface area (Å²) < 4.78 is 0. The van der Waals surface area contributed by atoms with Gasteiger partial charge in [0.25, 0.3) is 5.91 Å². The zero-order chi connectivity index (χ0) is 13.0.